The van der Waals surface area contributed by atoms with E-state index in [-0.39, 0.29) is 24.5 Å². The second kappa shape index (κ2) is 9.55. The first kappa shape index (κ1) is 24.3. The molecule has 5 rings (SSSR count). The van der Waals surface area contributed by atoms with E-state index in [9.17, 15) is 13.6 Å². The van der Waals surface area contributed by atoms with E-state index in [1.54, 1.807) is 0 Å². The lowest BCUT2D eigenvalue weighted by atomic mass is 9.99. The number of benzene rings is 2. The molecule has 0 aliphatic heterocycles. The number of hydrogen-bond donors (Lipinski definition) is 3. The molecule has 8 nitrogen and oxygen atoms in total. The van der Waals surface area contributed by atoms with Crippen molar-refractivity contribution in [2.75, 3.05) is 12.3 Å². The van der Waals surface area contributed by atoms with Gasteiger partial charge in [0.1, 0.15) is 23.4 Å². The van der Waals surface area contributed by atoms with E-state index in [0.29, 0.717) is 16.9 Å². The number of anilines is 1. The monoisotopic (exact) mass is 502 g/mol. The fourth-order valence-corrected chi connectivity index (χ4v) is 4.65. The summed E-state index contributed by atoms with van der Waals surface area (Å²) in [7, 11) is 0. The lowest BCUT2D eigenvalue weighted by Crippen LogP contribution is -2.46. The molecule has 37 heavy (non-hydrogen) atoms. The van der Waals surface area contributed by atoms with Crippen molar-refractivity contribution < 1.29 is 13.2 Å². The van der Waals surface area contributed by atoms with E-state index < -0.39 is 23.4 Å². The number of hydrogen-bond acceptors (Lipinski definition) is 5. The van der Waals surface area contributed by atoms with Crippen LogP contribution in [0.2, 0.25) is 0 Å². The number of H-pyrrole nitrogens is 1. The topological polar surface area (TPSA) is 120 Å². The van der Waals surface area contributed by atoms with Gasteiger partial charge in [-0.05, 0) is 43.2 Å². The Morgan fingerprint density at radius 2 is 1.70 bits per heavy atom. The second-order valence-electron chi connectivity index (χ2n) is 8.98. The molecule has 5 aromatic rings. The molecule has 5 N–H and O–H groups in total. The molecule has 188 valence electrons. The van der Waals surface area contributed by atoms with Gasteiger partial charge in [-0.2, -0.15) is 4.68 Å². The summed E-state index contributed by atoms with van der Waals surface area (Å²) in [6, 6.07) is 16.0. The zero-order valence-corrected chi connectivity index (χ0v) is 20.4. The highest BCUT2D eigenvalue weighted by molar-refractivity contribution is 5.88. The van der Waals surface area contributed by atoms with E-state index in [1.807, 2.05) is 56.3 Å². The first-order chi connectivity index (χ1) is 17.8. The van der Waals surface area contributed by atoms with E-state index in [0.717, 1.165) is 28.6 Å². The molecular formula is C27H26F2N7O+. The minimum atomic E-state index is -0.703. The van der Waals surface area contributed by atoms with Crippen molar-refractivity contribution >= 4 is 11.6 Å². The highest BCUT2D eigenvalue weighted by Gasteiger charge is 2.29. The quantitative estimate of drug-likeness (QED) is 0.308. The minimum absolute atomic E-state index is 0.0103. The molecule has 0 amide bonds. The fraction of sp³-hybridized carbons (Fsp3) is 0.185. The number of aromatic nitrogens is 5. The molecule has 0 aliphatic carbocycles. The number of nitrogens with one attached hydrogen (secondary N) is 1. The van der Waals surface area contributed by atoms with Crippen LogP contribution in [0.1, 0.15) is 23.0 Å². The number of nitrogen functional groups attached to an aromatic ring is 1. The second-order valence-corrected chi connectivity index (χ2v) is 8.98. The average molecular weight is 503 g/mol. The molecule has 0 fully saturated rings. The van der Waals surface area contributed by atoms with Gasteiger partial charge in [-0.3, -0.25) is 4.98 Å². The van der Waals surface area contributed by atoms with Gasteiger partial charge in [-0.15, -0.1) is 9.38 Å². The van der Waals surface area contributed by atoms with E-state index >= 15 is 0 Å². The van der Waals surface area contributed by atoms with Gasteiger partial charge in [0.2, 0.25) is 5.65 Å². The number of halogens is 2. The summed E-state index contributed by atoms with van der Waals surface area (Å²) < 4.78 is 30.5. The smallest absolute Gasteiger partial charge is 0.328 e. The summed E-state index contributed by atoms with van der Waals surface area (Å²) in [5.74, 6) is -1.39. The van der Waals surface area contributed by atoms with Gasteiger partial charge in [-0.1, -0.05) is 36.4 Å². The van der Waals surface area contributed by atoms with Crippen LogP contribution in [0.3, 0.4) is 0 Å². The summed E-state index contributed by atoms with van der Waals surface area (Å²) in [6.45, 7) is 3.80. The fourth-order valence-electron chi connectivity index (χ4n) is 4.65. The first-order valence-electron chi connectivity index (χ1n) is 11.8. The number of rotatable bonds is 6. The van der Waals surface area contributed by atoms with Gasteiger partial charge >= 0.3 is 11.6 Å². The van der Waals surface area contributed by atoms with Crippen molar-refractivity contribution in [2.24, 2.45) is 5.73 Å². The van der Waals surface area contributed by atoms with Crippen LogP contribution in [0.4, 0.5) is 14.7 Å². The van der Waals surface area contributed by atoms with Crippen molar-refractivity contribution in [3.63, 3.8) is 0 Å². The van der Waals surface area contributed by atoms with Crippen LogP contribution in [-0.2, 0) is 6.42 Å². The Hall–Kier alpha value is -4.44. The zero-order chi connectivity index (χ0) is 26.3. The third-order valence-electron chi connectivity index (χ3n) is 6.30. The summed E-state index contributed by atoms with van der Waals surface area (Å²) in [6.07, 6.45) is 0.0670. The minimum Gasteiger partial charge on any atom is -0.328 e. The van der Waals surface area contributed by atoms with Crippen LogP contribution in [-0.4, -0.2) is 26.3 Å². The molecule has 3 aromatic heterocycles. The summed E-state index contributed by atoms with van der Waals surface area (Å²) in [4.78, 5) is 22.7. The maximum Gasteiger partial charge on any atom is 0.428 e. The zero-order valence-electron chi connectivity index (χ0n) is 20.4. The molecule has 0 saturated heterocycles. The molecule has 0 aliphatic rings. The van der Waals surface area contributed by atoms with Crippen molar-refractivity contribution in [1.29, 1.82) is 0 Å². The Morgan fingerprint density at radius 3 is 2.35 bits per heavy atom. The average Bonchev–Trinajstić information content (AvgIpc) is 3.20. The molecule has 0 saturated carbocycles. The number of aryl methyl sites for hydroxylation is 2. The molecule has 2 aromatic carbocycles. The number of fused-ring (bicyclic) bond motifs is 1. The van der Waals surface area contributed by atoms with Gasteiger partial charge < -0.3 is 11.5 Å². The van der Waals surface area contributed by atoms with Gasteiger partial charge in [0.05, 0.1) is 5.56 Å². The molecule has 0 radical (unpaired) electrons. The van der Waals surface area contributed by atoms with Crippen LogP contribution in [0.15, 0.2) is 65.5 Å². The van der Waals surface area contributed by atoms with Crippen LogP contribution >= 0.6 is 0 Å². The lowest BCUT2D eigenvalue weighted by Gasteiger charge is -2.12. The SMILES string of the molecule is Cc1cc(-c2c(-c3ccccc3)nc(N)[n+]3c(=O)n(C(CN)Cc4ccc(F)cc4F)[nH]c23)cc(C)n1. The number of nitrogens with two attached hydrogens (primary N) is 2. The van der Waals surface area contributed by atoms with E-state index in [4.69, 9.17) is 11.5 Å². The van der Waals surface area contributed by atoms with Gasteiger partial charge in [0.15, 0.2) is 0 Å². The Kier molecular flexibility index (Phi) is 6.26. The maximum absolute atomic E-state index is 14.4. The Bertz CT molecular complexity index is 1660. The predicted octanol–water partition coefficient (Wildman–Crippen LogP) is 3.26. The highest BCUT2D eigenvalue weighted by atomic mass is 19.1. The third-order valence-corrected chi connectivity index (χ3v) is 6.30. The predicted molar refractivity (Wildman–Crippen MR) is 137 cm³/mol. The summed E-state index contributed by atoms with van der Waals surface area (Å²) in [5.41, 5.74) is 17.0. The standard InChI is InChI=1S/C27H25F2N7O/c1-15-10-19(11-16(2)32-15)23-24(17-6-4-3-5-7-17)33-26(31)35-25(23)34-36(27(35)37)21(14-30)12-18-8-9-20(28)13-22(18)29/h3-11,13,21H,12,14,30H2,1-2H3,(H2,31,32,33,34)/p+1. The van der Waals surface area contributed by atoms with Crippen molar-refractivity contribution in [3.05, 3.63) is 99.7 Å². The van der Waals surface area contributed by atoms with Crippen molar-refractivity contribution in [1.82, 2.24) is 19.7 Å². The van der Waals surface area contributed by atoms with Crippen LogP contribution < -0.4 is 21.6 Å². The number of aromatic amines is 1. The summed E-state index contributed by atoms with van der Waals surface area (Å²) in [5, 5.41) is 3.17. The van der Waals surface area contributed by atoms with E-state index in [1.165, 1.54) is 21.2 Å². The normalized spacial score (nSPS) is 12.2. The van der Waals surface area contributed by atoms with Crippen molar-refractivity contribution in [2.45, 2.75) is 26.3 Å². The largest absolute Gasteiger partial charge is 0.428 e. The molecule has 0 spiro atoms. The van der Waals surface area contributed by atoms with Crippen LogP contribution in [0, 0.1) is 25.5 Å². The number of nitrogens with zero attached hydrogens (tertiary/aromatic N) is 4. The van der Waals surface area contributed by atoms with E-state index in [2.05, 4.69) is 15.1 Å². The molecular weight excluding hydrogens is 476 g/mol. The molecule has 1 unspecified atom stereocenters. The Morgan fingerprint density at radius 1 is 1.00 bits per heavy atom. The highest BCUT2D eigenvalue weighted by Crippen LogP contribution is 2.33. The Labute approximate surface area is 211 Å². The van der Waals surface area contributed by atoms with Gasteiger partial charge in [-0.25, -0.2) is 18.7 Å². The van der Waals surface area contributed by atoms with Gasteiger partial charge in [0, 0.05) is 36.0 Å². The maximum atomic E-state index is 14.4. The number of pyridine rings is 1. The molecule has 0 bridgehead atoms. The molecule has 3 heterocycles. The van der Waals surface area contributed by atoms with Gasteiger partial charge in [0.25, 0.3) is 0 Å². The molecule has 10 heteroatoms. The third kappa shape index (κ3) is 4.47. The van der Waals surface area contributed by atoms with Crippen molar-refractivity contribution in [3.8, 4) is 22.4 Å². The Balaban J connectivity index is 1.77. The lowest BCUT2D eigenvalue weighted by molar-refractivity contribution is -0.517. The molecule has 1 atom stereocenters. The summed E-state index contributed by atoms with van der Waals surface area (Å²) >= 11 is 0. The van der Waals surface area contributed by atoms with Crippen LogP contribution in [0.5, 0.6) is 0 Å². The van der Waals surface area contributed by atoms with Crippen LogP contribution in [0.25, 0.3) is 28.0 Å². The first-order valence-corrected chi connectivity index (χ1v) is 11.8.